The number of nitrogens with one attached hydrogen (secondary N) is 1. The number of hydrogen-bond donors (Lipinski definition) is 1. The van der Waals surface area contributed by atoms with E-state index in [1.807, 2.05) is 48.5 Å². The molecule has 1 aliphatic carbocycles. The topological polar surface area (TPSA) is 69.7 Å². The summed E-state index contributed by atoms with van der Waals surface area (Å²) in [7, 11) is 3.28. The number of anilines is 1. The minimum absolute atomic E-state index is 0.0424. The third-order valence-corrected chi connectivity index (χ3v) is 5.71. The normalized spacial score (nSPS) is 19.5. The molecule has 0 aliphatic heterocycles. The number of carbonyl (C=O) groups is 1. The van der Waals surface area contributed by atoms with Gasteiger partial charge in [0.25, 0.3) is 0 Å². The van der Waals surface area contributed by atoms with Gasteiger partial charge in [-0.15, -0.1) is 0 Å². The molecule has 0 bridgehead atoms. The molecule has 1 fully saturated rings. The second-order valence-corrected chi connectivity index (χ2v) is 7.68. The summed E-state index contributed by atoms with van der Waals surface area (Å²) in [4.78, 5) is 17.1. The van der Waals surface area contributed by atoms with E-state index in [0.29, 0.717) is 37.0 Å². The number of rotatable bonds is 9. The number of ether oxygens (including phenoxy) is 3. The van der Waals surface area contributed by atoms with E-state index in [2.05, 4.69) is 22.4 Å². The van der Waals surface area contributed by atoms with Gasteiger partial charge in [-0.3, -0.25) is 4.79 Å². The maximum absolute atomic E-state index is 13.0. The molecular formula is C25H26N2O4. The van der Waals surface area contributed by atoms with Crippen LogP contribution in [-0.4, -0.2) is 31.7 Å². The predicted molar refractivity (Wildman–Crippen MR) is 118 cm³/mol. The molecule has 6 nitrogen and oxygen atoms in total. The van der Waals surface area contributed by atoms with Crippen molar-refractivity contribution in [1.29, 1.82) is 0 Å². The van der Waals surface area contributed by atoms with Gasteiger partial charge < -0.3 is 19.5 Å². The molecule has 1 heterocycles. The largest absolute Gasteiger partial charge is 0.496 e. The molecule has 0 unspecified atom stereocenters. The van der Waals surface area contributed by atoms with Crippen LogP contribution in [0.3, 0.4) is 0 Å². The Labute approximate surface area is 182 Å². The van der Waals surface area contributed by atoms with E-state index < -0.39 is 0 Å². The summed E-state index contributed by atoms with van der Waals surface area (Å²) in [5.74, 6) is 1.74. The first-order chi connectivity index (χ1) is 15.2. The van der Waals surface area contributed by atoms with Crippen LogP contribution in [0.4, 0.5) is 5.82 Å². The summed E-state index contributed by atoms with van der Waals surface area (Å²) in [6.07, 6.45) is 2.38. The highest BCUT2D eigenvalue weighted by molar-refractivity contribution is 5.95. The van der Waals surface area contributed by atoms with Crippen LogP contribution in [0.2, 0.25) is 0 Å². The highest BCUT2D eigenvalue weighted by Gasteiger charge is 2.60. The number of hydrogen-bond acceptors (Lipinski definition) is 5. The maximum atomic E-state index is 13.0. The van der Waals surface area contributed by atoms with Gasteiger partial charge in [-0.2, -0.15) is 0 Å². The van der Waals surface area contributed by atoms with Crippen LogP contribution < -0.4 is 14.8 Å². The van der Waals surface area contributed by atoms with E-state index in [1.54, 1.807) is 26.5 Å². The molecule has 2 atom stereocenters. The molecule has 3 aromatic rings. The van der Waals surface area contributed by atoms with E-state index >= 15 is 0 Å². The number of methoxy groups -OCH3 is 2. The van der Waals surface area contributed by atoms with Crippen LogP contribution in [-0.2, 0) is 21.6 Å². The zero-order valence-corrected chi connectivity index (χ0v) is 17.7. The maximum Gasteiger partial charge on any atom is 0.229 e. The minimum Gasteiger partial charge on any atom is -0.496 e. The molecule has 1 saturated carbocycles. The van der Waals surface area contributed by atoms with Crippen LogP contribution in [0.15, 0.2) is 72.9 Å². The van der Waals surface area contributed by atoms with Gasteiger partial charge in [-0.1, -0.05) is 36.4 Å². The Bertz CT molecular complexity index is 1030. The molecule has 0 saturated heterocycles. The van der Waals surface area contributed by atoms with Gasteiger partial charge in [0.05, 0.1) is 26.2 Å². The number of benzene rings is 2. The molecule has 2 aromatic carbocycles. The van der Waals surface area contributed by atoms with Crippen LogP contribution >= 0.6 is 0 Å². The number of pyridine rings is 1. The second-order valence-electron chi connectivity index (χ2n) is 7.68. The van der Waals surface area contributed by atoms with Crippen molar-refractivity contribution in [2.24, 2.45) is 5.92 Å². The molecule has 0 spiro atoms. The smallest absolute Gasteiger partial charge is 0.229 e. The van der Waals surface area contributed by atoms with Crippen molar-refractivity contribution >= 4 is 11.7 Å². The lowest BCUT2D eigenvalue weighted by Gasteiger charge is -2.20. The highest BCUT2D eigenvalue weighted by Crippen LogP contribution is 2.55. The Kier molecular flexibility index (Phi) is 6.18. The highest BCUT2D eigenvalue weighted by atomic mass is 16.5. The van der Waals surface area contributed by atoms with Crippen LogP contribution in [0.25, 0.3) is 0 Å². The molecular weight excluding hydrogens is 392 g/mol. The first-order valence-corrected chi connectivity index (χ1v) is 10.2. The average molecular weight is 418 g/mol. The first kappa shape index (κ1) is 20.9. The first-order valence-electron chi connectivity index (χ1n) is 10.2. The zero-order valence-electron chi connectivity index (χ0n) is 17.7. The van der Waals surface area contributed by atoms with Crippen molar-refractivity contribution in [1.82, 2.24) is 4.98 Å². The van der Waals surface area contributed by atoms with E-state index in [1.165, 1.54) is 0 Å². The van der Waals surface area contributed by atoms with Crippen molar-refractivity contribution in [3.05, 3.63) is 84.1 Å². The van der Waals surface area contributed by atoms with Crippen LogP contribution in [0.5, 0.6) is 11.5 Å². The van der Waals surface area contributed by atoms with Crippen molar-refractivity contribution in [3.63, 3.8) is 0 Å². The molecule has 160 valence electrons. The lowest BCUT2D eigenvalue weighted by atomic mass is 9.93. The second kappa shape index (κ2) is 9.18. The molecule has 0 radical (unpaired) electrons. The lowest BCUT2D eigenvalue weighted by molar-refractivity contribution is -0.117. The summed E-state index contributed by atoms with van der Waals surface area (Å²) in [6, 6.07) is 21.2. The number of nitrogens with zero attached hydrogens (tertiary/aromatic N) is 1. The Balaban J connectivity index is 1.52. The van der Waals surface area contributed by atoms with Gasteiger partial charge in [0.1, 0.15) is 17.3 Å². The van der Waals surface area contributed by atoms with Crippen LogP contribution in [0, 0.1) is 5.92 Å². The standard InChI is InChI=1S/C25H26N2O4/c1-29-16-18-11-12-20(14-22(18)30-2)31-17-25(19-8-4-3-5-9-19)15-21(25)24(28)27-23-10-6-7-13-26-23/h3-14,21H,15-17H2,1-2H3,(H,26,27,28)/t21-,25+/m0/s1. The van der Waals surface area contributed by atoms with Crippen molar-refractivity contribution < 1.29 is 19.0 Å². The summed E-state index contributed by atoms with van der Waals surface area (Å²) >= 11 is 0. The monoisotopic (exact) mass is 418 g/mol. The third kappa shape index (κ3) is 4.54. The molecule has 1 amide bonds. The van der Waals surface area contributed by atoms with E-state index in [0.717, 1.165) is 11.1 Å². The number of carbonyl (C=O) groups excluding carboxylic acids is 1. The fourth-order valence-corrected chi connectivity index (χ4v) is 3.93. The molecule has 1 aromatic heterocycles. The van der Waals surface area contributed by atoms with Gasteiger partial charge in [0.15, 0.2) is 0 Å². The Morgan fingerprint density at radius 3 is 2.61 bits per heavy atom. The lowest BCUT2D eigenvalue weighted by Crippen LogP contribution is -2.26. The van der Waals surface area contributed by atoms with Gasteiger partial charge in [0.2, 0.25) is 5.91 Å². The van der Waals surface area contributed by atoms with Crippen LogP contribution in [0.1, 0.15) is 17.5 Å². The molecule has 1 N–H and O–H groups in total. The van der Waals surface area contributed by atoms with Crippen molar-refractivity contribution in [2.45, 2.75) is 18.4 Å². The summed E-state index contributed by atoms with van der Waals surface area (Å²) < 4.78 is 16.9. The van der Waals surface area contributed by atoms with E-state index in [9.17, 15) is 4.79 Å². The predicted octanol–water partition coefficient (Wildman–Crippen LogP) is 4.21. The van der Waals surface area contributed by atoms with E-state index in [-0.39, 0.29) is 17.2 Å². The molecule has 4 rings (SSSR count). The van der Waals surface area contributed by atoms with Crippen molar-refractivity contribution in [2.75, 3.05) is 26.1 Å². The minimum atomic E-state index is -0.376. The van der Waals surface area contributed by atoms with Gasteiger partial charge in [-0.05, 0) is 36.2 Å². The molecule has 1 aliphatic rings. The Hall–Kier alpha value is -3.38. The van der Waals surface area contributed by atoms with Crippen molar-refractivity contribution in [3.8, 4) is 11.5 Å². The molecule has 6 heteroatoms. The fourth-order valence-electron chi connectivity index (χ4n) is 3.93. The number of aromatic nitrogens is 1. The third-order valence-electron chi connectivity index (χ3n) is 5.71. The summed E-state index contributed by atoms with van der Waals surface area (Å²) in [6.45, 7) is 0.858. The average Bonchev–Trinajstić information content (AvgIpc) is 3.56. The van der Waals surface area contributed by atoms with Gasteiger partial charge in [0, 0.05) is 30.4 Å². The zero-order chi connectivity index (χ0) is 21.7. The fraction of sp³-hybridized carbons (Fsp3) is 0.280. The quantitative estimate of drug-likeness (QED) is 0.564. The SMILES string of the molecule is COCc1ccc(OC[C@@]2(c3ccccc3)C[C@H]2C(=O)Nc2ccccn2)cc1OC. The van der Waals surface area contributed by atoms with E-state index in [4.69, 9.17) is 14.2 Å². The summed E-state index contributed by atoms with van der Waals surface area (Å²) in [5.41, 5.74) is 1.67. The Morgan fingerprint density at radius 2 is 1.90 bits per heavy atom. The molecule has 31 heavy (non-hydrogen) atoms. The van der Waals surface area contributed by atoms with Gasteiger partial charge >= 0.3 is 0 Å². The summed E-state index contributed by atoms with van der Waals surface area (Å²) in [5, 5.41) is 2.93. The Morgan fingerprint density at radius 1 is 1.10 bits per heavy atom. The van der Waals surface area contributed by atoms with Gasteiger partial charge in [-0.25, -0.2) is 4.98 Å². The number of amides is 1.